The number of hydrogen-bond acceptors (Lipinski definition) is 10. The number of hydrogen-bond donors (Lipinski definition) is 0. The normalized spacial score (nSPS) is 12.0. The van der Waals surface area contributed by atoms with Crippen LogP contribution in [0.4, 0.5) is 11.4 Å². The summed E-state index contributed by atoms with van der Waals surface area (Å²) >= 11 is 0. The van der Waals surface area contributed by atoms with E-state index in [1.165, 1.54) is 15.9 Å². The number of ether oxygens (including phenoxy) is 2. The van der Waals surface area contributed by atoms with E-state index in [1.807, 2.05) is 123 Å². The second-order valence-electron chi connectivity index (χ2n) is 12.5. The average molecular weight is 727 g/mol. The Morgan fingerprint density at radius 2 is 1.19 bits per heavy atom. The predicted molar refractivity (Wildman–Crippen MR) is 211 cm³/mol. The fraction of sp³-hybridized carbons (Fsp3) is 0.190. The maximum absolute atomic E-state index is 13.0. The predicted octanol–water partition coefficient (Wildman–Crippen LogP) is 7.76. The molecule has 54 heavy (non-hydrogen) atoms. The molecule has 0 radical (unpaired) electrons. The van der Waals surface area contributed by atoms with E-state index >= 15 is 0 Å². The van der Waals surface area contributed by atoms with Crippen LogP contribution in [0.3, 0.4) is 0 Å². The van der Waals surface area contributed by atoms with Gasteiger partial charge in [-0.05, 0) is 67.3 Å². The van der Waals surface area contributed by atoms with E-state index in [1.54, 1.807) is 44.2 Å². The van der Waals surface area contributed by atoms with Crippen LogP contribution >= 0.6 is 0 Å². The number of para-hydroxylation sites is 2. The first-order chi connectivity index (χ1) is 26.1. The van der Waals surface area contributed by atoms with Crippen LogP contribution in [-0.2, 0) is 36.8 Å². The lowest BCUT2D eigenvalue weighted by Gasteiger charge is -2.20. The summed E-state index contributed by atoms with van der Waals surface area (Å²) in [7, 11) is 5.02. The average Bonchev–Trinajstić information content (AvgIpc) is 3.60. The molecule has 0 atom stereocenters. The van der Waals surface area contributed by atoms with E-state index in [4.69, 9.17) is 23.6 Å². The number of hydrazone groups is 2. The van der Waals surface area contributed by atoms with Crippen LogP contribution in [0.5, 0.6) is 0 Å². The molecule has 6 aromatic rings. The van der Waals surface area contributed by atoms with Gasteiger partial charge in [0, 0.05) is 32.9 Å². The van der Waals surface area contributed by atoms with Crippen molar-refractivity contribution in [3.8, 4) is 22.3 Å². The van der Waals surface area contributed by atoms with Gasteiger partial charge in [0.05, 0.1) is 22.5 Å². The summed E-state index contributed by atoms with van der Waals surface area (Å²) in [5.41, 5.74) is 5.87. The van der Waals surface area contributed by atoms with Crippen LogP contribution in [0, 0.1) is 13.8 Å². The van der Waals surface area contributed by atoms with Crippen molar-refractivity contribution in [2.45, 2.75) is 34.0 Å². The first kappa shape index (κ1) is 37.0. The molecule has 0 amide bonds. The number of anilines is 2. The standard InChI is InChI=1S/C42H42N6O6/c1-29(25-48(35-21-11-8-12-22-35)43-28-51-26-32-17-13-15-23-36(32)38-30(2)53-46(5)41(38)49)40(44-45(4)34-19-9-7-10-20-34)52-27-33-18-14-16-24-37(33)39-31(3)54-47(6)42(39)50/h7-25,28H,26-27H2,1-6H3/b29-25?,43-28+,44-40+. The van der Waals surface area contributed by atoms with E-state index < -0.39 is 0 Å². The highest BCUT2D eigenvalue weighted by atomic mass is 16.5. The van der Waals surface area contributed by atoms with Crippen molar-refractivity contribution in [2.75, 3.05) is 17.1 Å². The zero-order valence-electron chi connectivity index (χ0n) is 31.1. The van der Waals surface area contributed by atoms with Gasteiger partial charge in [0.25, 0.3) is 11.1 Å². The van der Waals surface area contributed by atoms with E-state index in [0.29, 0.717) is 34.1 Å². The van der Waals surface area contributed by atoms with Gasteiger partial charge in [-0.15, -0.1) is 10.2 Å². The third-order valence-electron chi connectivity index (χ3n) is 8.72. The van der Waals surface area contributed by atoms with E-state index in [9.17, 15) is 9.59 Å². The van der Waals surface area contributed by atoms with Crippen LogP contribution in [0.1, 0.15) is 29.6 Å². The maximum atomic E-state index is 13.0. The topological polar surface area (TPSA) is 120 Å². The molecule has 6 rings (SSSR count). The van der Waals surface area contributed by atoms with Gasteiger partial charge in [0.2, 0.25) is 5.90 Å². The number of aryl methyl sites for hydroxylation is 4. The zero-order valence-corrected chi connectivity index (χ0v) is 31.1. The van der Waals surface area contributed by atoms with Crippen LogP contribution in [0.2, 0.25) is 0 Å². The van der Waals surface area contributed by atoms with Crippen LogP contribution in [-0.4, -0.2) is 28.8 Å². The van der Waals surface area contributed by atoms with Crippen molar-refractivity contribution in [3.63, 3.8) is 0 Å². The lowest BCUT2D eigenvalue weighted by atomic mass is 10.0. The van der Waals surface area contributed by atoms with Gasteiger partial charge in [0.15, 0.2) is 6.40 Å². The van der Waals surface area contributed by atoms with Crippen molar-refractivity contribution in [1.29, 1.82) is 0 Å². The van der Waals surface area contributed by atoms with E-state index in [2.05, 4.69) is 5.10 Å². The monoisotopic (exact) mass is 726 g/mol. The van der Waals surface area contributed by atoms with Gasteiger partial charge >= 0.3 is 0 Å². The second-order valence-corrected chi connectivity index (χ2v) is 12.5. The second kappa shape index (κ2) is 16.7. The molecule has 0 spiro atoms. The molecule has 0 saturated heterocycles. The number of nitrogens with zero attached hydrogens (tertiary/aromatic N) is 6. The first-order valence-electron chi connectivity index (χ1n) is 17.3. The number of rotatable bonds is 13. The summed E-state index contributed by atoms with van der Waals surface area (Å²) < 4.78 is 26.0. The molecule has 0 fully saturated rings. The molecular weight excluding hydrogens is 684 g/mol. The number of aromatic nitrogens is 2. The van der Waals surface area contributed by atoms with Crippen molar-refractivity contribution < 1.29 is 18.5 Å². The van der Waals surface area contributed by atoms with Crippen LogP contribution in [0.25, 0.3) is 22.3 Å². The molecule has 2 aromatic heterocycles. The molecular formula is C42H42N6O6. The highest BCUT2D eigenvalue weighted by Gasteiger charge is 2.19. The summed E-state index contributed by atoms with van der Waals surface area (Å²) in [6, 6.07) is 34.5. The summed E-state index contributed by atoms with van der Waals surface area (Å²) in [6.07, 6.45) is 3.17. The lowest BCUT2D eigenvalue weighted by molar-refractivity contribution is 0.283. The van der Waals surface area contributed by atoms with Crippen molar-refractivity contribution in [2.24, 2.45) is 24.3 Å². The SMILES string of the molecule is CC(=CN(/N=C/OCc1ccccc1-c1c(C)on(C)c1=O)c1ccccc1)/C(=N\N(C)c1ccccc1)OCc1ccccc1-c1c(C)on(C)c1=O. The van der Waals surface area contributed by atoms with Crippen molar-refractivity contribution in [1.82, 2.24) is 9.48 Å². The molecule has 0 N–H and O–H groups in total. The minimum atomic E-state index is -0.225. The molecule has 0 aliphatic carbocycles. The Labute approximate surface area is 313 Å². The first-order valence-corrected chi connectivity index (χ1v) is 17.3. The van der Waals surface area contributed by atoms with Crippen LogP contribution < -0.4 is 21.1 Å². The largest absolute Gasteiger partial charge is 0.477 e. The van der Waals surface area contributed by atoms with E-state index in [0.717, 1.165) is 33.6 Å². The fourth-order valence-corrected chi connectivity index (χ4v) is 6.00. The minimum absolute atomic E-state index is 0.118. The molecule has 4 aromatic carbocycles. The molecule has 0 saturated carbocycles. The van der Waals surface area contributed by atoms with Gasteiger partial charge in [-0.25, -0.2) is 5.01 Å². The number of benzene rings is 4. The Morgan fingerprint density at radius 3 is 1.70 bits per heavy atom. The lowest BCUT2D eigenvalue weighted by Crippen LogP contribution is -2.19. The van der Waals surface area contributed by atoms with Gasteiger partial charge in [-0.2, -0.15) is 9.48 Å². The van der Waals surface area contributed by atoms with E-state index in [-0.39, 0.29) is 24.3 Å². The summed E-state index contributed by atoms with van der Waals surface area (Å²) in [4.78, 5) is 25.8. The molecule has 0 unspecified atom stereocenters. The van der Waals surface area contributed by atoms with Gasteiger partial charge in [-0.1, -0.05) is 84.9 Å². The highest BCUT2D eigenvalue weighted by molar-refractivity contribution is 5.94. The molecule has 12 nitrogen and oxygen atoms in total. The molecule has 0 bridgehead atoms. The van der Waals surface area contributed by atoms with Gasteiger partial charge in [-0.3, -0.25) is 14.6 Å². The summed E-state index contributed by atoms with van der Waals surface area (Å²) in [5.74, 6) is 1.38. The quantitative estimate of drug-likeness (QED) is 0.0673. The van der Waals surface area contributed by atoms with Crippen LogP contribution in [0.15, 0.2) is 150 Å². The van der Waals surface area contributed by atoms with Crippen molar-refractivity contribution in [3.05, 3.63) is 164 Å². The molecule has 276 valence electrons. The minimum Gasteiger partial charge on any atom is -0.477 e. The smallest absolute Gasteiger partial charge is 0.290 e. The summed E-state index contributed by atoms with van der Waals surface area (Å²) in [6.45, 7) is 5.70. The Balaban J connectivity index is 1.30. The highest BCUT2D eigenvalue weighted by Crippen LogP contribution is 2.27. The van der Waals surface area contributed by atoms with Gasteiger partial charge < -0.3 is 18.5 Å². The third-order valence-corrected chi connectivity index (χ3v) is 8.72. The zero-order chi connectivity index (χ0) is 38.2. The third kappa shape index (κ3) is 8.28. The Bertz CT molecular complexity index is 2420. The molecule has 0 aliphatic rings. The molecule has 0 aliphatic heterocycles. The molecule has 2 heterocycles. The Kier molecular flexibility index (Phi) is 11.4. The fourth-order valence-electron chi connectivity index (χ4n) is 6.00. The Hall–Kier alpha value is -6.82. The Morgan fingerprint density at radius 1 is 0.704 bits per heavy atom. The van der Waals surface area contributed by atoms with Gasteiger partial charge in [0.1, 0.15) is 24.7 Å². The summed E-state index contributed by atoms with van der Waals surface area (Å²) in [5, 5.41) is 12.9. The molecule has 12 heteroatoms. The van der Waals surface area contributed by atoms with Crippen molar-refractivity contribution >= 4 is 23.7 Å². The maximum Gasteiger partial charge on any atom is 0.290 e.